The van der Waals surface area contributed by atoms with Crippen LogP contribution in [0.2, 0.25) is 0 Å². The second-order valence-electron chi connectivity index (χ2n) is 9.65. The molecule has 190 valence electrons. The van der Waals surface area contributed by atoms with Gasteiger partial charge in [-0.3, -0.25) is 4.79 Å². The number of esters is 1. The third-order valence-electron chi connectivity index (χ3n) is 6.68. The number of carbonyl (C=O) groups excluding carboxylic acids is 2. The summed E-state index contributed by atoms with van der Waals surface area (Å²) in [5.41, 5.74) is 4.47. The topological polar surface area (TPSA) is 73.9 Å². The average Bonchev–Trinajstić information content (AvgIpc) is 2.86. The fourth-order valence-electron chi connectivity index (χ4n) is 4.99. The van der Waals surface area contributed by atoms with Crippen molar-refractivity contribution in [2.45, 2.75) is 45.4 Å². The van der Waals surface area contributed by atoms with Crippen LogP contribution in [0.4, 0.5) is 0 Å². The van der Waals surface area contributed by atoms with E-state index in [4.69, 9.17) is 14.2 Å². The second-order valence-corrected chi connectivity index (χ2v) is 10.5. The van der Waals surface area contributed by atoms with Crippen LogP contribution in [0.3, 0.4) is 0 Å². The lowest BCUT2D eigenvalue weighted by Crippen LogP contribution is -2.36. The molecular formula is C29H32BrNO5. The van der Waals surface area contributed by atoms with Gasteiger partial charge in [0.05, 0.1) is 26.4 Å². The van der Waals surface area contributed by atoms with E-state index in [-0.39, 0.29) is 17.6 Å². The Bertz CT molecular complexity index is 1230. The molecule has 4 rings (SSSR count). The molecule has 6 nitrogen and oxygen atoms in total. The van der Waals surface area contributed by atoms with Gasteiger partial charge in [-0.1, -0.05) is 60.1 Å². The van der Waals surface area contributed by atoms with E-state index in [1.807, 2.05) is 51.1 Å². The molecule has 0 amide bonds. The van der Waals surface area contributed by atoms with Crippen LogP contribution in [0.15, 0.2) is 69.5 Å². The minimum atomic E-state index is -0.598. The number of hydrogen-bond donors (Lipinski definition) is 1. The first-order valence-corrected chi connectivity index (χ1v) is 12.9. The van der Waals surface area contributed by atoms with Gasteiger partial charge in [0, 0.05) is 33.8 Å². The number of methoxy groups -OCH3 is 2. The van der Waals surface area contributed by atoms with E-state index in [0.29, 0.717) is 47.8 Å². The summed E-state index contributed by atoms with van der Waals surface area (Å²) in [6.07, 6.45) is 1.05. The lowest BCUT2D eigenvalue weighted by Gasteiger charge is -2.37. The zero-order chi connectivity index (χ0) is 26.0. The number of halogens is 1. The Hall–Kier alpha value is -3.06. The predicted molar refractivity (Wildman–Crippen MR) is 142 cm³/mol. The van der Waals surface area contributed by atoms with E-state index in [1.165, 1.54) is 0 Å². The van der Waals surface area contributed by atoms with Crippen LogP contribution >= 0.6 is 15.9 Å². The Morgan fingerprint density at radius 3 is 2.39 bits per heavy atom. The fraction of sp³-hybridized carbons (Fsp3) is 0.379. The highest BCUT2D eigenvalue weighted by Gasteiger charge is 2.42. The molecule has 1 aliphatic heterocycles. The molecule has 1 heterocycles. The van der Waals surface area contributed by atoms with Gasteiger partial charge < -0.3 is 19.5 Å². The largest absolute Gasteiger partial charge is 0.493 e. The van der Waals surface area contributed by atoms with Crippen LogP contribution in [-0.2, 0) is 14.3 Å². The van der Waals surface area contributed by atoms with Crippen molar-refractivity contribution in [3.05, 3.63) is 80.6 Å². The zero-order valence-corrected chi connectivity index (χ0v) is 22.9. The lowest BCUT2D eigenvalue weighted by atomic mass is 9.71. The van der Waals surface area contributed by atoms with E-state index < -0.39 is 11.9 Å². The van der Waals surface area contributed by atoms with Gasteiger partial charge in [0.15, 0.2) is 17.3 Å². The zero-order valence-electron chi connectivity index (χ0n) is 21.3. The molecule has 7 heteroatoms. The lowest BCUT2D eigenvalue weighted by molar-refractivity contribution is -0.140. The van der Waals surface area contributed by atoms with Crippen LogP contribution in [0.1, 0.15) is 56.6 Å². The summed E-state index contributed by atoms with van der Waals surface area (Å²) in [6, 6.07) is 13.7. The Morgan fingerprint density at radius 2 is 1.75 bits per heavy atom. The number of benzene rings is 2. The van der Waals surface area contributed by atoms with Crippen molar-refractivity contribution in [1.82, 2.24) is 5.32 Å². The minimum Gasteiger partial charge on any atom is -0.493 e. The number of Topliss-reactive ketones (excluding diaryl/α,β-unsaturated/α-hetero) is 1. The molecule has 0 unspecified atom stereocenters. The average molecular weight is 554 g/mol. The van der Waals surface area contributed by atoms with E-state index >= 15 is 0 Å². The van der Waals surface area contributed by atoms with Crippen molar-refractivity contribution in [2.24, 2.45) is 5.92 Å². The molecule has 0 saturated heterocycles. The Kier molecular flexibility index (Phi) is 7.88. The first kappa shape index (κ1) is 26.0. The van der Waals surface area contributed by atoms with Gasteiger partial charge in [-0.15, -0.1) is 0 Å². The molecule has 0 bridgehead atoms. The third kappa shape index (κ3) is 5.07. The molecule has 0 spiro atoms. The summed E-state index contributed by atoms with van der Waals surface area (Å²) in [6.45, 7) is 6.15. The number of nitrogens with one attached hydrogen (secondary N) is 1. The van der Waals surface area contributed by atoms with E-state index in [2.05, 4.69) is 33.4 Å². The third-order valence-corrected chi connectivity index (χ3v) is 7.37. The molecule has 2 atom stereocenters. The maximum absolute atomic E-state index is 13.8. The van der Waals surface area contributed by atoms with Crippen molar-refractivity contribution in [3.63, 3.8) is 0 Å². The van der Waals surface area contributed by atoms with Crippen LogP contribution in [-0.4, -0.2) is 32.6 Å². The summed E-state index contributed by atoms with van der Waals surface area (Å²) in [5.74, 6) is 0.335. The smallest absolute Gasteiger partial charge is 0.336 e. The summed E-state index contributed by atoms with van der Waals surface area (Å²) in [5, 5.41) is 3.40. The van der Waals surface area contributed by atoms with Gasteiger partial charge >= 0.3 is 5.97 Å². The van der Waals surface area contributed by atoms with Gasteiger partial charge in [-0.2, -0.15) is 0 Å². The number of carbonyl (C=O) groups is 2. The number of rotatable bonds is 7. The Morgan fingerprint density at radius 1 is 1.08 bits per heavy atom. The molecule has 0 aromatic heterocycles. The maximum Gasteiger partial charge on any atom is 0.336 e. The molecule has 0 radical (unpaired) electrons. The van der Waals surface area contributed by atoms with Gasteiger partial charge in [0.2, 0.25) is 0 Å². The molecule has 1 N–H and O–H groups in total. The monoisotopic (exact) mass is 553 g/mol. The predicted octanol–water partition coefficient (Wildman–Crippen LogP) is 6.03. The molecule has 36 heavy (non-hydrogen) atoms. The fourth-order valence-corrected chi connectivity index (χ4v) is 5.54. The van der Waals surface area contributed by atoms with Gasteiger partial charge in [0.25, 0.3) is 0 Å². The highest BCUT2D eigenvalue weighted by molar-refractivity contribution is 9.10. The first-order chi connectivity index (χ1) is 17.2. The van der Waals surface area contributed by atoms with Crippen molar-refractivity contribution < 1.29 is 23.8 Å². The number of dihydropyridines is 1. The van der Waals surface area contributed by atoms with E-state index in [0.717, 1.165) is 21.3 Å². The standard InChI is InChI=1S/C29H32BrNO5/c1-16(2)15-36-29(33)26-17(3)31-22-11-19(18-9-7-6-8-10-18)12-23(32)28(22)27(26)20-13-24(34-4)25(35-5)14-21(20)30/h6-10,13-14,16,19,27,31H,11-12,15H2,1-5H3/t19-,27+/m1/s1. The maximum atomic E-state index is 13.8. The molecular weight excluding hydrogens is 522 g/mol. The van der Waals surface area contributed by atoms with Crippen molar-refractivity contribution in [2.75, 3.05) is 20.8 Å². The van der Waals surface area contributed by atoms with Crippen molar-refractivity contribution >= 4 is 27.7 Å². The number of allylic oxidation sites excluding steroid dienone is 3. The first-order valence-electron chi connectivity index (χ1n) is 12.1. The molecule has 2 aliphatic rings. The second kappa shape index (κ2) is 10.9. The quantitative estimate of drug-likeness (QED) is 0.422. The van der Waals surface area contributed by atoms with Crippen LogP contribution in [0.25, 0.3) is 0 Å². The molecule has 0 saturated carbocycles. The molecule has 0 fully saturated rings. The highest BCUT2D eigenvalue weighted by atomic mass is 79.9. The van der Waals surface area contributed by atoms with E-state index in [9.17, 15) is 9.59 Å². The normalized spacial score (nSPS) is 19.7. The summed E-state index contributed by atoms with van der Waals surface area (Å²) in [7, 11) is 3.14. The molecule has 2 aromatic rings. The molecule has 2 aromatic carbocycles. The van der Waals surface area contributed by atoms with Gasteiger partial charge in [0.1, 0.15) is 0 Å². The minimum absolute atomic E-state index is 0.0194. The van der Waals surface area contributed by atoms with Crippen molar-refractivity contribution in [3.8, 4) is 11.5 Å². The van der Waals surface area contributed by atoms with Crippen LogP contribution < -0.4 is 14.8 Å². The number of hydrogen-bond acceptors (Lipinski definition) is 6. The van der Waals surface area contributed by atoms with Gasteiger partial charge in [-0.25, -0.2) is 4.79 Å². The molecule has 1 aliphatic carbocycles. The summed E-state index contributed by atoms with van der Waals surface area (Å²) < 4.78 is 17.4. The van der Waals surface area contributed by atoms with Crippen LogP contribution in [0.5, 0.6) is 11.5 Å². The highest BCUT2D eigenvalue weighted by Crippen LogP contribution is 2.49. The van der Waals surface area contributed by atoms with Crippen LogP contribution in [0, 0.1) is 5.92 Å². The van der Waals surface area contributed by atoms with Crippen molar-refractivity contribution in [1.29, 1.82) is 0 Å². The summed E-state index contributed by atoms with van der Waals surface area (Å²) >= 11 is 3.67. The summed E-state index contributed by atoms with van der Waals surface area (Å²) in [4.78, 5) is 27.2. The number of ether oxygens (including phenoxy) is 3. The number of ketones is 1. The Labute approximate surface area is 220 Å². The van der Waals surface area contributed by atoms with Gasteiger partial charge in [-0.05, 0) is 48.4 Å². The Balaban J connectivity index is 1.85. The SMILES string of the molecule is COc1cc(Br)c([C@H]2C(C(=O)OCC(C)C)=C(C)NC3=C2C(=O)C[C@H](c2ccccc2)C3)cc1OC. The van der Waals surface area contributed by atoms with E-state index in [1.54, 1.807) is 14.2 Å².